The third kappa shape index (κ3) is 4.04. The Kier molecular flexibility index (Phi) is 5.84. The van der Waals surface area contributed by atoms with Crippen LogP contribution >= 0.6 is 0 Å². The number of hydrogen-bond acceptors (Lipinski definition) is 3. The molecule has 1 amide bonds. The molecular weight excluding hydrogens is 415 g/mol. The average molecular weight is 441 g/mol. The van der Waals surface area contributed by atoms with Crippen molar-refractivity contribution in [2.45, 2.75) is 32.6 Å². The fraction of sp³-hybridized carbons (Fsp3) is 0.360. The molecule has 168 valence electrons. The number of nitrogens with zero attached hydrogens (tertiary/aromatic N) is 3. The van der Waals surface area contributed by atoms with E-state index in [1.165, 1.54) is 6.07 Å². The predicted octanol–water partition coefficient (Wildman–Crippen LogP) is 5.09. The molecule has 0 aromatic heterocycles. The van der Waals surface area contributed by atoms with Gasteiger partial charge in [-0.2, -0.15) is 13.2 Å². The van der Waals surface area contributed by atoms with Crippen LogP contribution in [0.1, 0.15) is 36.6 Å². The lowest BCUT2D eigenvalue weighted by molar-refractivity contribution is -0.137. The molecule has 4 rings (SSSR count). The van der Waals surface area contributed by atoms with Crippen molar-refractivity contribution in [3.63, 3.8) is 0 Å². The van der Waals surface area contributed by atoms with Gasteiger partial charge in [-0.05, 0) is 29.2 Å². The number of amides is 1. The van der Waals surface area contributed by atoms with E-state index in [9.17, 15) is 18.0 Å². The summed E-state index contributed by atoms with van der Waals surface area (Å²) in [5.41, 5.74) is 2.68. The van der Waals surface area contributed by atoms with E-state index >= 15 is 0 Å². The summed E-state index contributed by atoms with van der Waals surface area (Å²) in [7, 11) is 1.85. The molecular formula is C25H26F3N3O. The quantitative estimate of drug-likeness (QED) is 0.663. The SMILES string of the molecule is CC(C)C1=NCCN(C)C2=C1C(c1cccc(C(F)(F)F)c1)N(Cc1ccccc1)C2=O. The molecule has 4 nitrogen and oxygen atoms in total. The summed E-state index contributed by atoms with van der Waals surface area (Å²) in [6, 6.07) is 14.2. The highest BCUT2D eigenvalue weighted by atomic mass is 19.4. The number of alkyl halides is 3. The van der Waals surface area contributed by atoms with E-state index in [-0.39, 0.29) is 11.8 Å². The zero-order valence-corrected chi connectivity index (χ0v) is 18.4. The van der Waals surface area contributed by atoms with Crippen molar-refractivity contribution >= 4 is 11.6 Å². The van der Waals surface area contributed by atoms with E-state index in [1.807, 2.05) is 56.1 Å². The standard InChI is InChI=1S/C25H26F3N3O/c1-16(2)21-20-22(18-10-7-11-19(14-18)25(26,27)28)31(15-17-8-5-4-6-9-17)24(32)23(20)30(3)13-12-29-21/h4-11,14,16,22H,12-13,15H2,1-3H3. The summed E-state index contributed by atoms with van der Waals surface area (Å²) in [6.45, 7) is 5.42. The van der Waals surface area contributed by atoms with Gasteiger partial charge >= 0.3 is 6.18 Å². The Bertz CT molecular complexity index is 1070. The summed E-state index contributed by atoms with van der Waals surface area (Å²) in [5, 5.41) is 0. The zero-order valence-electron chi connectivity index (χ0n) is 18.4. The first-order valence-electron chi connectivity index (χ1n) is 10.7. The molecule has 0 spiro atoms. The van der Waals surface area contributed by atoms with Crippen LogP contribution in [0.3, 0.4) is 0 Å². The first kappa shape index (κ1) is 22.1. The fourth-order valence-electron chi connectivity index (χ4n) is 4.47. The molecule has 7 heteroatoms. The van der Waals surface area contributed by atoms with Gasteiger partial charge in [0.15, 0.2) is 0 Å². The van der Waals surface area contributed by atoms with E-state index in [0.717, 1.165) is 29.0 Å². The summed E-state index contributed by atoms with van der Waals surface area (Å²) >= 11 is 0. The van der Waals surface area contributed by atoms with Crippen molar-refractivity contribution in [2.75, 3.05) is 20.1 Å². The van der Waals surface area contributed by atoms with Crippen molar-refractivity contribution in [1.82, 2.24) is 9.80 Å². The normalized spacial score (nSPS) is 19.4. The summed E-state index contributed by atoms with van der Waals surface area (Å²) in [6.07, 6.45) is -4.46. The molecule has 2 aromatic carbocycles. The predicted molar refractivity (Wildman–Crippen MR) is 118 cm³/mol. The number of likely N-dealkylation sites (N-methyl/N-ethyl adjacent to an activating group) is 1. The van der Waals surface area contributed by atoms with Gasteiger partial charge in [-0.15, -0.1) is 0 Å². The number of benzene rings is 2. The second-order valence-electron chi connectivity index (χ2n) is 8.55. The van der Waals surface area contributed by atoms with Crippen LogP contribution in [-0.4, -0.2) is 41.6 Å². The van der Waals surface area contributed by atoms with Crippen LogP contribution < -0.4 is 0 Å². The van der Waals surface area contributed by atoms with Gasteiger partial charge in [0.1, 0.15) is 5.70 Å². The van der Waals surface area contributed by atoms with Crippen molar-refractivity contribution in [3.05, 3.63) is 82.6 Å². The summed E-state index contributed by atoms with van der Waals surface area (Å²) < 4.78 is 40.5. The first-order chi connectivity index (χ1) is 15.2. The Morgan fingerprint density at radius 1 is 1.09 bits per heavy atom. The van der Waals surface area contributed by atoms with Crippen molar-refractivity contribution in [3.8, 4) is 0 Å². The van der Waals surface area contributed by atoms with Gasteiger partial charge < -0.3 is 9.80 Å². The lowest BCUT2D eigenvalue weighted by Gasteiger charge is -2.29. The van der Waals surface area contributed by atoms with E-state index in [4.69, 9.17) is 4.99 Å². The average Bonchev–Trinajstić information content (AvgIpc) is 2.91. The largest absolute Gasteiger partial charge is 0.416 e. The van der Waals surface area contributed by atoms with Gasteiger partial charge in [-0.3, -0.25) is 9.79 Å². The molecule has 1 unspecified atom stereocenters. The van der Waals surface area contributed by atoms with E-state index in [1.54, 1.807) is 11.0 Å². The minimum absolute atomic E-state index is 0.0317. The highest BCUT2D eigenvalue weighted by Crippen LogP contribution is 2.43. The Labute approximate surface area is 186 Å². The first-order valence-corrected chi connectivity index (χ1v) is 10.7. The van der Waals surface area contributed by atoms with E-state index in [0.29, 0.717) is 30.9 Å². The van der Waals surface area contributed by atoms with E-state index < -0.39 is 17.8 Å². The molecule has 0 radical (unpaired) electrons. The molecule has 0 aliphatic carbocycles. The van der Waals surface area contributed by atoms with Gasteiger partial charge in [-0.25, -0.2) is 0 Å². The molecule has 1 atom stereocenters. The highest BCUT2D eigenvalue weighted by molar-refractivity contribution is 6.13. The minimum atomic E-state index is -4.46. The molecule has 32 heavy (non-hydrogen) atoms. The molecule has 2 aromatic rings. The Morgan fingerprint density at radius 2 is 1.81 bits per heavy atom. The maximum atomic E-state index is 13.7. The molecule has 0 saturated heterocycles. The highest BCUT2D eigenvalue weighted by Gasteiger charge is 2.45. The fourth-order valence-corrected chi connectivity index (χ4v) is 4.47. The molecule has 0 fully saturated rings. The third-order valence-electron chi connectivity index (χ3n) is 5.95. The van der Waals surface area contributed by atoms with Crippen LogP contribution in [0.4, 0.5) is 13.2 Å². The maximum Gasteiger partial charge on any atom is 0.416 e. The Balaban J connectivity index is 1.90. The lowest BCUT2D eigenvalue weighted by Crippen LogP contribution is -2.34. The monoisotopic (exact) mass is 441 g/mol. The van der Waals surface area contributed by atoms with Crippen molar-refractivity contribution in [2.24, 2.45) is 10.9 Å². The second kappa shape index (κ2) is 8.45. The molecule has 2 heterocycles. The maximum absolute atomic E-state index is 13.7. The molecule has 2 aliphatic heterocycles. The number of hydrogen-bond donors (Lipinski definition) is 0. The number of rotatable bonds is 4. The van der Waals surface area contributed by atoms with Gasteiger partial charge in [0.25, 0.3) is 5.91 Å². The van der Waals surface area contributed by atoms with Crippen LogP contribution in [-0.2, 0) is 17.5 Å². The molecule has 0 bridgehead atoms. The van der Waals surface area contributed by atoms with Gasteiger partial charge in [-0.1, -0.05) is 56.3 Å². The minimum Gasteiger partial charge on any atom is -0.368 e. The van der Waals surface area contributed by atoms with Gasteiger partial charge in [0, 0.05) is 31.4 Å². The van der Waals surface area contributed by atoms with Crippen LogP contribution in [0.15, 0.2) is 70.9 Å². The van der Waals surface area contributed by atoms with Crippen LogP contribution in [0.25, 0.3) is 0 Å². The van der Waals surface area contributed by atoms with Crippen molar-refractivity contribution in [1.29, 1.82) is 0 Å². The van der Waals surface area contributed by atoms with Crippen LogP contribution in [0.2, 0.25) is 0 Å². The number of aliphatic imine (C=N–C) groups is 1. The Morgan fingerprint density at radius 3 is 2.47 bits per heavy atom. The molecule has 2 aliphatic rings. The molecule has 0 saturated carbocycles. The topological polar surface area (TPSA) is 35.9 Å². The van der Waals surface area contributed by atoms with Crippen molar-refractivity contribution < 1.29 is 18.0 Å². The molecule has 0 N–H and O–H groups in total. The number of carbonyl (C=O) groups excluding carboxylic acids is 1. The summed E-state index contributed by atoms with van der Waals surface area (Å²) in [4.78, 5) is 22.0. The smallest absolute Gasteiger partial charge is 0.368 e. The lowest BCUT2D eigenvalue weighted by atomic mass is 9.89. The zero-order chi connectivity index (χ0) is 23.0. The number of halogens is 3. The van der Waals surface area contributed by atoms with Gasteiger partial charge in [0.2, 0.25) is 0 Å². The summed E-state index contributed by atoms with van der Waals surface area (Å²) in [5.74, 6) is -0.145. The van der Waals surface area contributed by atoms with Gasteiger partial charge in [0.05, 0.1) is 18.2 Å². The Hall–Kier alpha value is -3.09. The third-order valence-corrected chi connectivity index (χ3v) is 5.95. The van der Waals surface area contributed by atoms with Crippen LogP contribution in [0.5, 0.6) is 0 Å². The van der Waals surface area contributed by atoms with Crippen LogP contribution in [0, 0.1) is 5.92 Å². The second-order valence-corrected chi connectivity index (χ2v) is 8.55. The van der Waals surface area contributed by atoms with E-state index in [2.05, 4.69) is 0 Å². The number of carbonyl (C=O) groups is 1.